The molecule has 2 heterocycles. The van der Waals surface area contributed by atoms with Crippen molar-refractivity contribution in [2.45, 2.75) is 119 Å². The van der Waals surface area contributed by atoms with Crippen LogP contribution in [-0.4, -0.2) is 126 Å². The summed E-state index contributed by atoms with van der Waals surface area (Å²) in [7, 11) is 0. The van der Waals surface area contributed by atoms with E-state index in [9.17, 15) is 40.9 Å². The number of hydrogen-bond acceptors (Lipinski definition) is 12. The van der Waals surface area contributed by atoms with Gasteiger partial charge in [-0.05, 0) is 40.5 Å². The predicted octanol–water partition coefficient (Wildman–Crippen LogP) is -2.49. The molecule has 2 aliphatic heterocycles. The second kappa shape index (κ2) is 11.5. The van der Waals surface area contributed by atoms with E-state index in [1.807, 2.05) is 0 Å². The van der Waals surface area contributed by atoms with Gasteiger partial charge in [0.1, 0.15) is 42.7 Å². The zero-order chi connectivity index (χ0) is 26.0. The zero-order valence-corrected chi connectivity index (χ0v) is 20.0. The molecule has 2 saturated heterocycles. The Morgan fingerprint density at radius 1 is 0.941 bits per heavy atom. The van der Waals surface area contributed by atoms with Crippen molar-refractivity contribution in [3.05, 3.63) is 12.7 Å². The lowest BCUT2D eigenvalue weighted by molar-refractivity contribution is -0.364. The Labute approximate surface area is 199 Å². The number of aliphatic hydroxyl groups excluding tert-OH is 7. The van der Waals surface area contributed by atoms with Crippen molar-refractivity contribution in [1.29, 1.82) is 0 Å². The van der Waals surface area contributed by atoms with E-state index in [4.69, 9.17) is 18.9 Å². The SMILES string of the molecule is C=CC(C)(CCC(O)C(C)(C)O)O[C@@H]1O[C@H](CO)[C@@H](O)[C@H](O[C@@H]2O[C@@H](C)[C@H](O)[C@@H](O)[C@H]2O)[C@H]1O. The molecule has 0 aromatic rings. The van der Waals surface area contributed by atoms with E-state index in [1.165, 1.54) is 26.8 Å². The van der Waals surface area contributed by atoms with Crippen molar-refractivity contribution in [3.63, 3.8) is 0 Å². The van der Waals surface area contributed by atoms with Gasteiger partial charge in [0.05, 0.1) is 30.0 Å². The third-order valence-corrected chi connectivity index (χ3v) is 6.47. The fourth-order valence-electron chi connectivity index (χ4n) is 3.84. The summed E-state index contributed by atoms with van der Waals surface area (Å²) in [6.45, 7) is 9.07. The van der Waals surface area contributed by atoms with Gasteiger partial charge in [-0.1, -0.05) is 6.08 Å². The smallest absolute Gasteiger partial charge is 0.187 e. The molecule has 0 aromatic heterocycles. The van der Waals surface area contributed by atoms with Crippen molar-refractivity contribution in [2.24, 2.45) is 0 Å². The van der Waals surface area contributed by atoms with Gasteiger partial charge in [0.25, 0.3) is 0 Å². The van der Waals surface area contributed by atoms with Crippen LogP contribution in [0.5, 0.6) is 0 Å². The van der Waals surface area contributed by atoms with Crippen LogP contribution in [0.15, 0.2) is 12.7 Å². The standard InChI is InChI=1S/C22H40O12/c1-6-22(5,8-7-12(24)21(3,4)30)34-20-17(29)18(14(26)11(9-23)32-20)33-19-16(28)15(27)13(25)10(2)31-19/h6,10-20,23-30H,1,7-9H2,2-5H3/t10-,11+,12?,13-,14+,15+,16+,17+,18-,19-,20-,22?/m0/s1. The lowest BCUT2D eigenvalue weighted by Gasteiger charge is -2.47. The number of hydrogen-bond donors (Lipinski definition) is 8. The minimum absolute atomic E-state index is 0.126. The molecule has 0 saturated carbocycles. The maximum atomic E-state index is 10.9. The molecule has 0 aliphatic carbocycles. The van der Waals surface area contributed by atoms with E-state index in [0.29, 0.717) is 0 Å². The molecule has 0 amide bonds. The molecule has 0 radical (unpaired) electrons. The van der Waals surface area contributed by atoms with Crippen molar-refractivity contribution in [2.75, 3.05) is 6.61 Å². The molecule has 34 heavy (non-hydrogen) atoms. The van der Waals surface area contributed by atoms with Crippen molar-refractivity contribution >= 4 is 0 Å². The van der Waals surface area contributed by atoms with E-state index in [1.54, 1.807) is 6.92 Å². The molecule has 12 nitrogen and oxygen atoms in total. The van der Waals surface area contributed by atoms with E-state index >= 15 is 0 Å². The molecule has 0 spiro atoms. The van der Waals surface area contributed by atoms with E-state index < -0.39 is 85.3 Å². The predicted molar refractivity (Wildman–Crippen MR) is 116 cm³/mol. The Morgan fingerprint density at radius 2 is 1.56 bits per heavy atom. The Balaban J connectivity index is 2.17. The summed E-state index contributed by atoms with van der Waals surface area (Å²) < 4.78 is 22.4. The van der Waals surface area contributed by atoms with Crippen LogP contribution in [0.3, 0.4) is 0 Å². The van der Waals surface area contributed by atoms with Crippen LogP contribution < -0.4 is 0 Å². The van der Waals surface area contributed by atoms with Crippen LogP contribution in [0.1, 0.15) is 40.5 Å². The van der Waals surface area contributed by atoms with Crippen molar-refractivity contribution in [3.8, 4) is 0 Å². The second-order valence-electron chi connectivity index (χ2n) is 9.83. The van der Waals surface area contributed by atoms with Crippen LogP contribution in [-0.2, 0) is 18.9 Å². The number of aliphatic hydroxyl groups is 8. The Hall–Kier alpha value is -0.740. The summed E-state index contributed by atoms with van der Waals surface area (Å²) in [6.07, 6.45) is -13.7. The molecule has 2 fully saturated rings. The first kappa shape index (κ1) is 29.5. The zero-order valence-electron chi connectivity index (χ0n) is 20.0. The topological polar surface area (TPSA) is 199 Å². The summed E-state index contributed by atoms with van der Waals surface area (Å²) in [5, 5.41) is 81.4. The normalized spacial score (nSPS) is 42.1. The van der Waals surface area contributed by atoms with Gasteiger partial charge in [-0.15, -0.1) is 6.58 Å². The lowest BCUT2D eigenvalue weighted by atomic mass is 9.91. The monoisotopic (exact) mass is 496 g/mol. The average molecular weight is 497 g/mol. The van der Waals surface area contributed by atoms with Gasteiger partial charge in [0.2, 0.25) is 0 Å². The summed E-state index contributed by atoms with van der Waals surface area (Å²) in [4.78, 5) is 0. The molecule has 0 aromatic carbocycles. The highest BCUT2D eigenvalue weighted by molar-refractivity contribution is 4.99. The molecule has 8 N–H and O–H groups in total. The number of rotatable bonds is 10. The molecule has 2 rings (SSSR count). The van der Waals surface area contributed by atoms with Crippen LogP contribution in [0.2, 0.25) is 0 Å². The third kappa shape index (κ3) is 6.72. The highest BCUT2D eigenvalue weighted by atomic mass is 16.7. The van der Waals surface area contributed by atoms with Crippen LogP contribution >= 0.6 is 0 Å². The van der Waals surface area contributed by atoms with Crippen LogP contribution in [0.4, 0.5) is 0 Å². The maximum absolute atomic E-state index is 10.9. The summed E-state index contributed by atoms with van der Waals surface area (Å²) in [5.41, 5.74) is -2.50. The summed E-state index contributed by atoms with van der Waals surface area (Å²) in [5.74, 6) is 0. The van der Waals surface area contributed by atoms with E-state index in [0.717, 1.165) is 0 Å². The first-order valence-corrected chi connectivity index (χ1v) is 11.3. The molecule has 2 unspecified atom stereocenters. The van der Waals surface area contributed by atoms with Gasteiger partial charge in [0, 0.05) is 0 Å². The van der Waals surface area contributed by atoms with Crippen LogP contribution in [0, 0.1) is 0 Å². The molecule has 200 valence electrons. The van der Waals surface area contributed by atoms with Crippen molar-refractivity contribution in [1.82, 2.24) is 0 Å². The molecular formula is C22H40O12. The Bertz CT molecular complexity index is 656. The van der Waals surface area contributed by atoms with Gasteiger partial charge < -0.3 is 59.8 Å². The Kier molecular flexibility index (Phi) is 10.0. The highest BCUT2D eigenvalue weighted by Gasteiger charge is 2.51. The van der Waals surface area contributed by atoms with Gasteiger partial charge in [-0.3, -0.25) is 0 Å². The van der Waals surface area contributed by atoms with Gasteiger partial charge >= 0.3 is 0 Å². The molecule has 12 atom stereocenters. The second-order valence-corrected chi connectivity index (χ2v) is 9.83. The molecule has 2 aliphatic rings. The van der Waals surface area contributed by atoms with Gasteiger partial charge in [0.15, 0.2) is 12.6 Å². The van der Waals surface area contributed by atoms with E-state index in [2.05, 4.69) is 6.58 Å². The Morgan fingerprint density at radius 3 is 2.09 bits per heavy atom. The maximum Gasteiger partial charge on any atom is 0.187 e. The molecule has 12 heteroatoms. The minimum atomic E-state index is -1.68. The summed E-state index contributed by atoms with van der Waals surface area (Å²) >= 11 is 0. The largest absolute Gasteiger partial charge is 0.394 e. The fraction of sp³-hybridized carbons (Fsp3) is 0.909. The van der Waals surface area contributed by atoms with E-state index in [-0.39, 0.29) is 12.8 Å². The average Bonchev–Trinajstić information content (AvgIpc) is 2.78. The molecular weight excluding hydrogens is 456 g/mol. The fourth-order valence-corrected chi connectivity index (χ4v) is 3.84. The molecule has 0 bridgehead atoms. The van der Waals surface area contributed by atoms with Crippen LogP contribution in [0.25, 0.3) is 0 Å². The summed E-state index contributed by atoms with van der Waals surface area (Å²) in [6, 6.07) is 0. The first-order chi connectivity index (χ1) is 15.6. The van der Waals surface area contributed by atoms with Crippen molar-refractivity contribution < 1.29 is 59.8 Å². The minimum Gasteiger partial charge on any atom is -0.394 e. The van der Waals surface area contributed by atoms with Gasteiger partial charge in [-0.2, -0.15) is 0 Å². The first-order valence-electron chi connectivity index (χ1n) is 11.3. The number of ether oxygens (including phenoxy) is 4. The quantitative estimate of drug-likeness (QED) is 0.148. The lowest BCUT2D eigenvalue weighted by Crippen LogP contribution is -2.64. The van der Waals surface area contributed by atoms with Gasteiger partial charge in [-0.25, -0.2) is 0 Å². The third-order valence-electron chi connectivity index (χ3n) is 6.47. The highest BCUT2D eigenvalue weighted by Crippen LogP contribution is 2.33.